The van der Waals surface area contributed by atoms with Crippen LogP contribution in [0.1, 0.15) is 75.7 Å². The van der Waals surface area contributed by atoms with E-state index in [2.05, 4.69) is 27.1 Å². The van der Waals surface area contributed by atoms with Gasteiger partial charge in [0.2, 0.25) is 5.78 Å². The highest BCUT2D eigenvalue weighted by Gasteiger charge is 2.29. The van der Waals surface area contributed by atoms with E-state index >= 15 is 0 Å². The van der Waals surface area contributed by atoms with Crippen molar-refractivity contribution in [3.05, 3.63) is 86.6 Å². The van der Waals surface area contributed by atoms with Crippen LogP contribution in [0.5, 0.6) is 0 Å². The monoisotopic (exact) mass is 599 g/mol. The Morgan fingerprint density at radius 1 is 1.07 bits per heavy atom. The maximum absolute atomic E-state index is 14.3. The van der Waals surface area contributed by atoms with Gasteiger partial charge in [0.25, 0.3) is 5.56 Å². The maximum Gasteiger partial charge on any atom is 0.439 e. The second kappa shape index (κ2) is 12.3. The summed E-state index contributed by atoms with van der Waals surface area (Å²) in [5.74, 6) is 0.280. The molecular weight excluding hydrogens is 562 g/mol. The molecule has 6 rings (SSSR count). The highest BCUT2D eigenvalue weighted by atomic mass is 16.5. The summed E-state index contributed by atoms with van der Waals surface area (Å²) >= 11 is 0. The summed E-state index contributed by atoms with van der Waals surface area (Å²) in [5, 5.41) is 18.4. The number of benzene rings is 1. The molecule has 0 radical (unpaired) electrons. The number of hydrogen-bond acceptors (Lipinski definition) is 9. The normalized spacial score (nSPS) is 17.4. The predicted octanol–water partition coefficient (Wildman–Crippen LogP) is 4.11. The van der Waals surface area contributed by atoms with Gasteiger partial charge in [0.05, 0.1) is 29.7 Å². The van der Waals surface area contributed by atoms with Gasteiger partial charge in [-0.25, -0.2) is 9.31 Å². The number of aliphatic hydroxyl groups is 1. The second-order valence-electron chi connectivity index (χ2n) is 12.1. The van der Waals surface area contributed by atoms with Crippen LogP contribution in [-0.4, -0.2) is 57.7 Å². The van der Waals surface area contributed by atoms with Gasteiger partial charge in [-0.2, -0.15) is 10.1 Å². The first kappa shape index (κ1) is 29.6. The first-order valence-electron chi connectivity index (χ1n) is 15.1. The highest BCUT2D eigenvalue weighted by Crippen LogP contribution is 2.32. The number of hydrogen-bond donors (Lipinski definition) is 2. The van der Waals surface area contributed by atoms with Gasteiger partial charge >= 0.3 is 5.76 Å². The number of rotatable bonds is 10. The number of nitrogens with one attached hydrogen (secondary N) is 1. The molecule has 2 N–H and O–H groups in total. The molecule has 5 aromatic rings. The van der Waals surface area contributed by atoms with Gasteiger partial charge in [0.15, 0.2) is 5.82 Å². The van der Waals surface area contributed by atoms with E-state index in [1.54, 1.807) is 20.0 Å². The highest BCUT2D eigenvalue weighted by molar-refractivity contribution is 5.78. The molecule has 0 atom stereocenters. The van der Waals surface area contributed by atoms with E-state index < -0.39 is 11.4 Å². The molecule has 1 aliphatic carbocycles. The Morgan fingerprint density at radius 2 is 1.84 bits per heavy atom. The number of fused-ring (bicyclic) bond motifs is 1. The topological polar surface area (TPSA) is 153 Å². The minimum absolute atomic E-state index is 0.0226. The summed E-state index contributed by atoms with van der Waals surface area (Å²) < 4.78 is 14.3. The molecule has 1 fully saturated rings. The average molecular weight is 600 g/mol. The Morgan fingerprint density at radius 3 is 2.50 bits per heavy atom. The molecule has 4 aromatic heterocycles. The van der Waals surface area contributed by atoms with Crippen molar-refractivity contribution in [3.8, 4) is 22.6 Å². The van der Waals surface area contributed by atoms with Crippen LogP contribution in [0.2, 0.25) is 0 Å². The lowest BCUT2D eigenvalue weighted by Crippen LogP contribution is -2.36. The third-order valence-corrected chi connectivity index (χ3v) is 8.10. The van der Waals surface area contributed by atoms with Crippen LogP contribution in [0.3, 0.4) is 0 Å². The van der Waals surface area contributed by atoms with E-state index in [9.17, 15) is 14.7 Å². The van der Waals surface area contributed by atoms with Crippen molar-refractivity contribution in [2.75, 3.05) is 6.61 Å². The smallest absolute Gasteiger partial charge is 0.388 e. The Bertz CT molecular complexity index is 1850. The fourth-order valence-corrected chi connectivity index (χ4v) is 6.02. The van der Waals surface area contributed by atoms with Gasteiger partial charge in [-0.15, -0.1) is 0 Å². The van der Waals surface area contributed by atoms with Crippen LogP contribution in [-0.2, 0) is 17.6 Å². The molecule has 12 heteroatoms. The lowest BCUT2D eigenvalue weighted by atomic mass is 9.92. The fourth-order valence-electron chi connectivity index (χ4n) is 6.02. The molecule has 0 unspecified atom stereocenters. The van der Waals surface area contributed by atoms with Crippen LogP contribution in [0.15, 0.2) is 63.0 Å². The number of aryl methyl sites for hydroxylation is 1. The SMILES string of the molecule is CCCc1c(Cc2ccc(-c3ccccc3-c3noc(=O)[nH]3)nc2)c(=O)n([C@H]2CC[C@H](OCC(C)(C)O)CC2)c2ncnn12. The first-order valence-corrected chi connectivity index (χ1v) is 15.1. The zero-order valence-corrected chi connectivity index (χ0v) is 25.2. The maximum atomic E-state index is 14.3. The summed E-state index contributed by atoms with van der Waals surface area (Å²) in [6, 6.07) is 11.4. The van der Waals surface area contributed by atoms with Crippen molar-refractivity contribution in [1.29, 1.82) is 0 Å². The summed E-state index contributed by atoms with van der Waals surface area (Å²) in [6.45, 7) is 5.85. The van der Waals surface area contributed by atoms with E-state index in [0.717, 1.165) is 48.9 Å². The molecule has 0 saturated heterocycles. The van der Waals surface area contributed by atoms with Crippen molar-refractivity contribution in [2.24, 2.45) is 0 Å². The molecular formula is C32H37N7O5. The van der Waals surface area contributed by atoms with Gasteiger partial charge in [-0.1, -0.05) is 48.8 Å². The van der Waals surface area contributed by atoms with Gasteiger partial charge < -0.3 is 9.84 Å². The number of aromatic nitrogens is 7. The fraction of sp³-hybridized carbons (Fsp3) is 0.438. The lowest BCUT2D eigenvalue weighted by Gasteiger charge is -2.32. The molecule has 44 heavy (non-hydrogen) atoms. The Labute approximate surface area is 253 Å². The zero-order valence-electron chi connectivity index (χ0n) is 25.2. The van der Waals surface area contributed by atoms with Crippen LogP contribution in [0.25, 0.3) is 28.4 Å². The lowest BCUT2D eigenvalue weighted by molar-refractivity contribution is -0.0654. The van der Waals surface area contributed by atoms with Crippen molar-refractivity contribution in [1.82, 2.24) is 34.3 Å². The Balaban J connectivity index is 1.30. The van der Waals surface area contributed by atoms with Crippen molar-refractivity contribution in [3.63, 3.8) is 0 Å². The molecule has 1 aromatic carbocycles. The van der Waals surface area contributed by atoms with Crippen LogP contribution < -0.4 is 11.3 Å². The number of nitrogens with zero attached hydrogens (tertiary/aromatic N) is 6. The summed E-state index contributed by atoms with van der Waals surface area (Å²) in [7, 11) is 0. The summed E-state index contributed by atoms with van der Waals surface area (Å²) in [5.41, 5.74) is 3.74. The van der Waals surface area contributed by atoms with E-state index in [0.29, 0.717) is 41.3 Å². The second-order valence-corrected chi connectivity index (χ2v) is 12.1. The molecule has 0 bridgehead atoms. The van der Waals surface area contributed by atoms with Gasteiger partial charge in [0, 0.05) is 35.3 Å². The van der Waals surface area contributed by atoms with Crippen molar-refractivity contribution < 1.29 is 14.4 Å². The molecule has 1 aliphatic rings. The largest absolute Gasteiger partial charge is 0.439 e. The van der Waals surface area contributed by atoms with E-state index in [1.807, 2.05) is 45.5 Å². The van der Waals surface area contributed by atoms with E-state index in [-0.39, 0.29) is 24.3 Å². The standard InChI is InChI=1S/C32H37N7O5/c1-4-7-27-25(16-20-10-15-26(33-17-20)23-8-5-6-9-24(23)28-36-31(41)44-37-28)29(40)38(30-34-19-35-39(27)30)21-11-13-22(14-12-21)43-18-32(2,3)42/h5-6,8-10,15,17,19,21-22,42H,4,7,11-14,16,18H2,1-3H3,(H,36,37,41)/t21-,22-. The number of H-pyrrole nitrogens is 1. The van der Waals surface area contributed by atoms with Crippen molar-refractivity contribution >= 4 is 5.78 Å². The molecule has 12 nitrogen and oxygen atoms in total. The Hall–Kier alpha value is -4.42. The molecule has 0 amide bonds. The van der Waals surface area contributed by atoms with Crippen LogP contribution in [0, 0.1) is 0 Å². The van der Waals surface area contributed by atoms with Crippen LogP contribution >= 0.6 is 0 Å². The third kappa shape index (κ3) is 6.13. The third-order valence-electron chi connectivity index (χ3n) is 8.10. The predicted molar refractivity (Wildman–Crippen MR) is 163 cm³/mol. The molecule has 0 aliphatic heterocycles. The molecule has 230 valence electrons. The number of pyridine rings is 1. The van der Waals surface area contributed by atoms with Gasteiger partial charge in [-0.3, -0.25) is 23.9 Å². The molecule has 1 saturated carbocycles. The average Bonchev–Trinajstić information content (AvgIpc) is 3.68. The minimum atomic E-state index is -0.876. The van der Waals surface area contributed by atoms with Crippen molar-refractivity contribution in [2.45, 2.75) is 83.5 Å². The molecule has 0 spiro atoms. The van der Waals surface area contributed by atoms with E-state index in [1.165, 1.54) is 6.33 Å². The van der Waals surface area contributed by atoms with Gasteiger partial charge in [0.1, 0.15) is 6.33 Å². The summed E-state index contributed by atoms with van der Waals surface area (Å²) in [6.07, 6.45) is 8.46. The quantitative estimate of drug-likeness (QED) is 0.241. The zero-order chi connectivity index (χ0) is 30.8. The first-order chi connectivity index (χ1) is 21.2. The molecule has 4 heterocycles. The number of aromatic amines is 1. The Kier molecular flexibility index (Phi) is 8.28. The summed E-state index contributed by atoms with van der Waals surface area (Å²) in [4.78, 5) is 37.7. The van der Waals surface area contributed by atoms with Crippen LogP contribution in [0.4, 0.5) is 0 Å². The van der Waals surface area contributed by atoms with Gasteiger partial charge in [-0.05, 0) is 57.6 Å². The minimum Gasteiger partial charge on any atom is -0.388 e. The van der Waals surface area contributed by atoms with E-state index in [4.69, 9.17) is 14.2 Å². The number of ether oxygens (including phenoxy) is 1.